The molecule has 0 saturated carbocycles. The normalized spacial score (nSPS) is 13.0. The largest absolute Gasteiger partial charge is 0.387 e. The lowest BCUT2D eigenvalue weighted by atomic mass is 10.0. The molecule has 0 radical (unpaired) electrons. The minimum absolute atomic E-state index is 0.0343. The van der Waals surface area contributed by atoms with Gasteiger partial charge in [0.1, 0.15) is 5.84 Å². The van der Waals surface area contributed by atoms with Crippen molar-refractivity contribution in [3.05, 3.63) is 58.9 Å². The Morgan fingerprint density at radius 2 is 1.77 bits per heavy atom. The average molecular weight is 550 g/mol. The molecule has 10 nitrogen and oxygen atoms in total. The summed E-state index contributed by atoms with van der Waals surface area (Å²) >= 11 is 0. The Morgan fingerprint density at radius 1 is 1.10 bits per heavy atom. The van der Waals surface area contributed by atoms with Crippen LogP contribution < -0.4 is 22.1 Å². The number of aliphatic imine (C=N–C) groups is 1. The van der Waals surface area contributed by atoms with Crippen molar-refractivity contribution in [3.8, 4) is 0 Å². The highest BCUT2D eigenvalue weighted by molar-refractivity contribution is 6.07. The van der Waals surface area contributed by atoms with Gasteiger partial charge in [-0.05, 0) is 55.5 Å². The molecule has 0 bridgehead atoms. The molecule has 3 rings (SSSR count). The summed E-state index contributed by atoms with van der Waals surface area (Å²) in [4.78, 5) is 46.8. The van der Waals surface area contributed by atoms with E-state index >= 15 is 0 Å². The minimum atomic E-state index is -0.333. The molecular formula is C30H43N7O3. The number of pyridine rings is 1. The van der Waals surface area contributed by atoms with Crippen LogP contribution in [0.15, 0.2) is 47.2 Å². The number of carbonyl (C=O) groups is 3. The highest BCUT2D eigenvalue weighted by Gasteiger charge is 2.21. The molecular weight excluding hydrogens is 506 g/mol. The first-order chi connectivity index (χ1) is 19.1. The van der Waals surface area contributed by atoms with Crippen molar-refractivity contribution in [3.63, 3.8) is 0 Å². The van der Waals surface area contributed by atoms with Gasteiger partial charge in [0.2, 0.25) is 12.3 Å². The molecule has 0 fully saturated rings. The Labute approximate surface area is 237 Å². The Balaban J connectivity index is 0.000000840. The van der Waals surface area contributed by atoms with Gasteiger partial charge in [0.25, 0.3) is 5.91 Å². The van der Waals surface area contributed by atoms with Gasteiger partial charge in [-0.2, -0.15) is 0 Å². The van der Waals surface area contributed by atoms with Gasteiger partial charge in [0.15, 0.2) is 0 Å². The predicted molar refractivity (Wildman–Crippen MR) is 161 cm³/mol. The molecule has 1 aromatic heterocycles. The molecule has 3 amide bonds. The number of carbonyl (C=O) groups excluding carboxylic acids is 3. The second-order valence-corrected chi connectivity index (χ2v) is 10.2. The van der Waals surface area contributed by atoms with Crippen molar-refractivity contribution in [2.45, 2.75) is 66.5 Å². The lowest BCUT2D eigenvalue weighted by molar-refractivity contribution is -0.127. The summed E-state index contributed by atoms with van der Waals surface area (Å²) in [6, 6.07) is 7.20. The van der Waals surface area contributed by atoms with E-state index in [0.717, 1.165) is 24.0 Å². The van der Waals surface area contributed by atoms with Crippen molar-refractivity contribution in [2.24, 2.45) is 22.4 Å². The minimum Gasteiger partial charge on any atom is -0.387 e. The lowest BCUT2D eigenvalue weighted by Crippen LogP contribution is -2.34. The van der Waals surface area contributed by atoms with Crippen LogP contribution in [0.1, 0.15) is 75.4 Å². The fraction of sp³-hybridized carbons (Fsp3) is 0.433. The van der Waals surface area contributed by atoms with E-state index in [0.29, 0.717) is 66.4 Å². The molecule has 1 aliphatic heterocycles. The van der Waals surface area contributed by atoms with Crippen molar-refractivity contribution in [1.82, 2.24) is 15.2 Å². The van der Waals surface area contributed by atoms with Crippen LogP contribution in [0.25, 0.3) is 6.08 Å². The van der Waals surface area contributed by atoms with Gasteiger partial charge in [-0.25, -0.2) is 4.99 Å². The number of nitrogens with two attached hydrogens (primary N) is 2. The summed E-state index contributed by atoms with van der Waals surface area (Å²) < 4.78 is 0. The van der Waals surface area contributed by atoms with Crippen molar-refractivity contribution < 1.29 is 14.4 Å². The first kappa shape index (κ1) is 32.2. The van der Waals surface area contributed by atoms with Crippen molar-refractivity contribution in [2.75, 3.05) is 18.4 Å². The van der Waals surface area contributed by atoms with Crippen LogP contribution in [-0.2, 0) is 16.1 Å². The molecule has 40 heavy (non-hydrogen) atoms. The molecule has 0 saturated heterocycles. The van der Waals surface area contributed by atoms with E-state index in [1.165, 1.54) is 6.20 Å². The molecule has 1 aromatic carbocycles. The van der Waals surface area contributed by atoms with Crippen molar-refractivity contribution >= 4 is 41.5 Å². The van der Waals surface area contributed by atoms with Crippen LogP contribution in [0.5, 0.6) is 0 Å². The van der Waals surface area contributed by atoms with Crippen LogP contribution in [-0.4, -0.2) is 53.1 Å². The summed E-state index contributed by atoms with van der Waals surface area (Å²) in [5.41, 5.74) is 15.1. The first-order valence-corrected chi connectivity index (χ1v) is 13.7. The van der Waals surface area contributed by atoms with Gasteiger partial charge in [-0.1, -0.05) is 33.8 Å². The topological polar surface area (TPSA) is 156 Å². The van der Waals surface area contributed by atoms with Gasteiger partial charge in [0, 0.05) is 55.0 Å². The van der Waals surface area contributed by atoms with Crippen LogP contribution in [0, 0.1) is 5.92 Å². The SMILES string of the molecule is CC(C)C(C)N.CCCN(CCC)C(=O)C1=Cc2ccc(C(=O)Nc3cncc(CNC=O)c3)cc2N=C(N)C1. The van der Waals surface area contributed by atoms with E-state index in [4.69, 9.17) is 11.5 Å². The Bertz CT molecular complexity index is 1210. The Hall–Kier alpha value is -4.05. The summed E-state index contributed by atoms with van der Waals surface area (Å²) in [6.45, 7) is 12.0. The molecule has 1 aliphatic rings. The molecule has 1 unspecified atom stereocenters. The molecule has 2 heterocycles. The fourth-order valence-corrected chi connectivity index (χ4v) is 3.74. The monoisotopic (exact) mass is 549 g/mol. The maximum Gasteiger partial charge on any atom is 0.255 e. The predicted octanol–water partition coefficient (Wildman–Crippen LogP) is 3.99. The van der Waals surface area contributed by atoms with Crippen LogP contribution in [0.3, 0.4) is 0 Å². The van der Waals surface area contributed by atoms with E-state index in [1.807, 2.05) is 31.7 Å². The van der Waals surface area contributed by atoms with Gasteiger partial charge < -0.3 is 27.0 Å². The van der Waals surface area contributed by atoms with E-state index < -0.39 is 0 Å². The zero-order valence-corrected chi connectivity index (χ0v) is 24.2. The summed E-state index contributed by atoms with van der Waals surface area (Å²) in [5.74, 6) is 0.585. The van der Waals surface area contributed by atoms with E-state index in [-0.39, 0.29) is 18.2 Å². The van der Waals surface area contributed by atoms with Crippen LogP contribution in [0.4, 0.5) is 11.4 Å². The maximum atomic E-state index is 13.1. The number of hydrogen-bond acceptors (Lipinski definition) is 7. The quantitative estimate of drug-likeness (QED) is 0.311. The summed E-state index contributed by atoms with van der Waals surface area (Å²) in [5, 5.41) is 5.37. The number of hydrogen-bond donors (Lipinski definition) is 4. The zero-order chi connectivity index (χ0) is 29.7. The standard InChI is InChI=1S/C25H30N6O3.C5H13N/c1-3-7-31(8-4-2)25(34)20-10-18-5-6-19(11-22(18)30-23(26)12-20)24(33)29-21-9-17(13-27-15-21)14-28-16-32;1-4(2)5(3)6/h5-6,9-11,13,15-16H,3-4,7-8,12,14H2,1-2H3,(H2,26,30)(H,28,32)(H,29,33);4-5H,6H2,1-3H3. The van der Waals surface area contributed by atoms with Gasteiger partial charge in [0.05, 0.1) is 17.6 Å². The van der Waals surface area contributed by atoms with E-state index in [2.05, 4.69) is 34.5 Å². The third-order valence-electron chi connectivity index (χ3n) is 6.30. The summed E-state index contributed by atoms with van der Waals surface area (Å²) in [6.07, 6.45) is 7.57. The Morgan fingerprint density at radius 3 is 2.38 bits per heavy atom. The van der Waals surface area contributed by atoms with Gasteiger partial charge >= 0.3 is 0 Å². The number of benzene rings is 1. The highest BCUT2D eigenvalue weighted by atomic mass is 16.2. The molecule has 2 aromatic rings. The number of anilines is 1. The molecule has 0 aliphatic carbocycles. The second kappa shape index (κ2) is 16.1. The number of nitrogens with zero attached hydrogens (tertiary/aromatic N) is 3. The maximum absolute atomic E-state index is 13.1. The molecule has 0 spiro atoms. The van der Waals surface area contributed by atoms with E-state index in [9.17, 15) is 14.4 Å². The number of nitrogens with one attached hydrogen (secondary N) is 2. The van der Waals surface area contributed by atoms with Gasteiger partial charge in [-0.3, -0.25) is 19.4 Å². The highest BCUT2D eigenvalue weighted by Crippen LogP contribution is 2.29. The molecule has 216 valence electrons. The van der Waals surface area contributed by atoms with Gasteiger partial charge in [-0.15, -0.1) is 0 Å². The number of fused-ring (bicyclic) bond motifs is 1. The first-order valence-electron chi connectivity index (χ1n) is 13.7. The smallest absolute Gasteiger partial charge is 0.255 e. The third kappa shape index (κ3) is 9.92. The van der Waals surface area contributed by atoms with E-state index in [1.54, 1.807) is 30.5 Å². The average Bonchev–Trinajstić information content (AvgIpc) is 3.09. The Kier molecular flexibility index (Phi) is 13.0. The molecule has 6 N–H and O–H groups in total. The number of aromatic nitrogens is 1. The van der Waals surface area contributed by atoms with Crippen LogP contribution in [0.2, 0.25) is 0 Å². The second-order valence-electron chi connectivity index (χ2n) is 10.2. The molecule has 1 atom stereocenters. The zero-order valence-electron chi connectivity index (χ0n) is 24.2. The lowest BCUT2D eigenvalue weighted by Gasteiger charge is -2.22. The fourth-order valence-electron chi connectivity index (χ4n) is 3.74. The van der Waals surface area contributed by atoms with Crippen LogP contribution >= 0.6 is 0 Å². The molecule has 10 heteroatoms. The van der Waals surface area contributed by atoms with Crippen molar-refractivity contribution in [1.29, 1.82) is 0 Å². The number of amides is 3. The summed E-state index contributed by atoms with van der Waals surface area (Å²) in [7, 11) is 0. The number of rotatable bonds is 11. The number of amidine groups is 1. The third-order valence-corrected chi connectivity index (χ3v) is 6.30.